The van der Waals surface area contributed by atoms with Crippen molar-refractivity contribution in [1.29, 1.82) is 5.26 Å². The largest absolute Gasteiger partial charge is 0.491 e. The summed E-state index contributed by atoms with van der Waals surface area (Å²) in [7, 11) is 4.23. The van der Waals surface area contributed by atoms with Gasteiger partial charge in [-0.05, 0) is 24.3 Å². The second-order valence-corrected chi connectivity index (χ2v) is 5.80. The molecular weight excluding hydrogens is 339 g/mol. The number of amides is 1. The lowest BCUT2D eigenvalue weighted by molar-refractivity contribution is -0.906. The Morgan fingerprint density at radius 2 is 1.76 bits per heavy atom. The first-order chi connectivity index (χ1) is 11.4. The molecule has 0 heterocycles. The molecule has 0 saturated heterocycles. The van der Waals surface area contributed by atoms with Crippen molar-refractivity contribution in [2.75, 3.05) is 26.5 Å². The molecule has 0 aliphatic rings. The van der Waals surface area contributed by atoms with Gasteiger partial charge in [-0.15, -0.1) is 0 Å². The molecule has 0 fully saturated rings. The van der Waals surface area contributed by atoms with Crippen LogP contribution in [-0.4, -0.2) is 49.9 Å². The molecule has 25 heavy (non-hydrogen) atoms. The molecule has 1 rings (SSSR count). The molecule has 0 saturated carbocycles. The molecule has 132 valence electrons. The van der Waals surface area contributed by atoms with Gasteiger partial charge in [0.2, 0.25) is 0 Å². The molecule has 1 amide bonds. The number of ether oxygens (including phenoxy) is 1. The van der Waals surface area contributed by atoms with E-state index < -0.39 is 24.3 Å². The molecule has 1 unspecified atom stereocenters. The third kappa shape index (κ3) is 6.16. The fourth-order valence-corrected chi connectivity index (χ4v) is 1.67. The molecule has 1 atom stereocenters. The number of quaternary nitrogens is 1. The maximum absolute atomic E-state index is 12.4. The first-order valence-corrected chi connectivity index (χ1v) is 6.85. The molecule has 1 aromatic rings. The molecule has 6 nitrogen and oxygen atoms in total. The Morgan fingerprint density at radius 1 is 1.20 bits per heavy atom. The molecular formula is C16H15F3N3O3+. The Bertz CT molecular complexity index is 748. The van der Waals surface area contributed by atoms with Gasteiger partial charge in [0, 0.05) is 17.2 Å². The lowest BCUT2D eigenvalue weighted by Crippen LogP contribution is -2.55. The lowest BCUT2D eigenvalue weighted by atomic mass is 10.2. The van der Waals surface area contributed by atoms with E-state index in [2.05, 4.69) is 21.9 Å². The van der Waals surface area contributed by atoms with Gasteiger partial charge in [-0.3, -0.25) is 9.28 Å². The van der Waals surface area contributed by atoms with Crippen LogP contribution >= 0.6 is 0 Å². The molecule has 0 radical (unpaired) electrons. The van der Waals surface area contributed by atoms with E-state index in [1.165, 1.54) is 45.4 Å². The Morgan fingerprint density at radius 3 is 2.20 bits per heavy atom. The number of alkyl halides is 3. The van der Waals surface area contributed by atoms with Gasteiger partial charge < -0.3 is 10.1 Å². The van der Waals surface area contributed by atoms with E-state index in [1.54, 1.807) is 6.07 Å². The molecule has 0 bridgehead atoms. The average Bonchev–Trinajstić information content (AvgIpc) is 2.49. The number of nitrogens with zero attached hydrogens (tertiary/aromatic N) is 2. The van der Waals surface area contributed by atoms with Crippen LogP contribution in [0.3, 0.4) is 0 Å². The van der Waals surface area contributed by atoms with Gasteiger partial charge in [0.25, 0.3) is 0 Å². The summed E-state index contributed by atoms with van der Waals surface area (Å²) in [6.45, 7) is 0. The Kier molecular flexibility index (Phi) is 6.15. The first kappa shape index (κ1) is 20.0. The smallest absolute Gasteiger partial charge is 0.396 e. The zero-order valence-electron chi connectivity index (χ0n) is 13.6. The number of carbonyl (C=O) groups excluding carboxylic acids is 2. The highest BCUT2D eigenvalue weighted by Crippen LogP contribution is 2.20. The van der Waals surface area contributed by atoms with Crippen molar-refractivity contribution in [1.82, 2.24) is 0 Å². The van der Waals surface area contributed by atoms with Crippen LogP contribution in [0.1, 0.15) is 5.56 Å². The average molecular weight is 354 g/mol. The summed E-state index contributed by atoms with van der Waals surface area (Å²) < 4.78 is 41.1. The molecule has 0 aromatic heterocycles. The number of hydrogen-bond donors (Lipinski definition) is 1. The molecule has 0 aliphatic heterocycles. The quantitative estimate of drug-likeness (QED) is 0.386. The molecule has 0 spiro atoms. The van der Waals surface area contributed by atoms with Crippen LogP contribution in [0.2, 0.25) is 0 Å². The van der Waals surface area contributed by atoms with E-state index in [-0.39, 0.29) is 10.2 Å². The SMILES string of the molecule is C[N+](C)(C)C(OC(=O)C(F)(F)F)C(=O)Nc1ccc(C#CC#N)cc1. The topological polar surface area (TPSA) is 79.2 Å². The number of likely N-dealkylation sites (N-methyl/N-ethyl adjacent to an activating group) is 1. The number of benzene rings is 1. The molecule has 1 aromatic carbocycles. The summed E-state index contributed by atoms with van der Waals surface area (Å²) in [5.41, 5.74) is 0.792. The van der Waals surface area contributed by atoms with Crippen LogP contribution in [0.25, 0.3) is 0 Å². The van der Waals surface area contributed by atoms with Crippen molar-refractivity contribution in [3.05, 3.63) is 29.8 Å². The van der Waals surface area contributed by atoms with Crippen LogP contribution in [0.15, 0.2) is 24.3 Å². The van der Waals surface area contributed by atoms with E-state index in [0.29, 0.717) is 5.56 Å². The van der Waals surface area contributed by atoms with Crippen molar-refractivity contribution in [2.24, 2.45) is 0 Å². The van der Waals surface area contributed by atoms with Gasteiger partial charge >= 0.3 is 24.3 Å². The van der Waals surface area contributed by atoms with Crippen molar-refractivity contribution in [3.8, 4) is 17.9 Å². The van der Waals surface area contributed by atoms with E-state index in [4.69, 9.17) is 5.26 Å². The minimum Gasteiger partial charge on any atom is -0.396 e. The summed E-state index contributed by atoms with van der Waals surface area (Å²) in [5.74, 6) is 1.39. The van der Waals surface area contributed by atoms with Crippen molar-refractivity contribution in [2.45, 2.75) is 12.4 Å². The second-order valence-electron chi connectivity index (χ2n) is 5.80. The van der Waals surface area contributed by atoms with Crippen LogP contribution in [0.5, 0.6) is 0 Å². The predicted molar refractivity (Wildman–Crippen MR) is 81.5 cm³/mol. The molecule has 9 heteroatoms. The number of nitrogens with one attached hydrogen (secondary N) is 1. The zero-order chi connectivity index (χ0) is 19.3. The number of rotatable bonds is 4. The van der Waals surface area contributed by atoms with Crippen LogP contribution in [0.4, 0.5) is 18.9 Å². The lowest BCUT2D eigenvalue weighted by Gasteiger charge is -2.31. The summed E-state index contributed by atoms with van der Waals surface area (Å²) in [4.78, 5) is 23.3. The molecule has 0 aliphatic carbocycles. The van der Waals surface area contributed by atoms with Crippen molar-refractivity contribution >= 4 is 17.6 Å². The van der Waals surface area contributed by atoms with Gasteiger partial charge in [-0.2, -0.15) is 18.4 Å². The van der Waals surface area contributed by atoms with Crippen molar-refractivity contribution in [3.63, 3.8) is 0 Å². The first-order valence-electron chi connectivity index (χ1n) is 6.85. The summed E-state index contributed by atoms with van der Waals surface area (Å²) >= 11 is 0. The van der Waals surface area contributed by atoms with E-state index >= 15 is 0 Å². The summed E-state index contributed by atoms with van der Waals surface area (Å²) in [6, 6.07) is 7.60. The third-order valence-corrected chi connectivity index (χ3v) is 2.79. The van der Waals surface area contributed by atoms with Crippen LogP contribution < -0.4 is 5.32 Å². The Labute approximate surface area is 142 Å². The predicted octanol–water partition coefficient (Wildman–Crippen LogP) is 1.64. The van der Waals surface area contributed by atoms with Gasteiger partial charge in [0.1, 0.15) is 0 Å². The fourth-order valence-electron chi connectivity index (χ4n) is 1.67. The van der Waals surface area contributed by atoms with Gasteiger partial charge in [0.05, 0.1) is 21.1 Å². The summed E-state index contributed by atoms with van der Waals surface area (Å²) in [6.07, 6.45) is -6.90. The highest BCUT2D eigenvalue weighted by molar-refractivity contribution is 5.94. The normalized spacial score (nSPS) is 12.2. The van der Waals surface area contributed by atoms with E-state index in [1.807, 2.05) is 0 Å². The van der Waals surface area contributed by atoms with Gasteiger partial charge in [-0.25, -0.2) is 4.79 Å². The van der Waals surface area contributed by atoms with E-state index in [9.17, 15) is 22.8 Å². The number of carbonyl (C=O) groups is 2. The Balaban J connectivity index is 2.92. The second kappa shape index (κ2) is 7.69. The fraction of sp³-hybridized carbons (Fsp3) is 0.312. The minimum atomic E-state index is -5.20. The maximum atomic E-state index is 12.4. The third-order valence-electron chi connectivity index (χ3n) is 2.79. The standard InChI is InChI=1S/C16H14F3N3O3/c1-22(2,3)14(25-15(24)16(17,18)19)13(23)21-12-8-6-11(7-9-12)5-4-10-20/h6-9,14H,1-3H3/p+1. The maximum Gasteiger partial charge on any atom is 0.491 e. The number of hydrogen-bond acceptors (Lipinski definition) is 4. The minimum absolute atomic E-state index is 0.272. The summed E-state index contributed by atoms with van der Waals surface area (Å²) in [5, 5.41) is 10.7. The number of halogens is 3. The number of esters is 1. The van der Waals surface area contributed by atoms with E-state index in [0.717, 1.165) is 0 Å². The molecule has 1 N–H and O–H groups in total. The number of nitriles is 1. The highest BCUT2D eigenvalue weighted by Gasteiger charge is 2.46. The van der Waals surface area contributed by atoms with Crippen LogP contribution in [0, 0.1) is 23.2 Å². The highest BCUT2D eigenvalue weighted by atomic mass is 19.4. The van der Waals surface area contributed by atoms with Gasteiger partial charge in [-0.1, -0.05) is 5.92 Å². The van der Waals surface area contributed by atoms with Gasteiger partial charge in [0.15, 0.2) is 6.07 Å². The van der Waals surface area contributed by atoms with Crippen LogP contribution in [-0.2, 0) is 14.3 Å². The zero-order valence-corrected chi connectivity index (χ0v) is 13.6. The Hall–Kier alpha value is -3.04. The number of anilines is 1. The van der Waals surface area contributed by atoms with Crippen molar-refractivity contribution < 1.29 is 32.0 Å². The monoisotopic (exact) mass is 354 g/mol.